The fraction of sp³-hybridized carbons (Fsp3) is 1.00. The van der Waals surface area contributed by atoms with E-state index in [0.29, 0.717) is 6.42 Å². The molecule has 8 heteroatoms. The number of rotatable bonds is 15. The first kappa shape index (κ1) is 21.8. The number of hydrogen-bond donors (Lipinski definition) is 3. The molecule has 0 fully saturated rings. The molecule has 0 amide bonds. The predicted octanol–water partition coefficient (Wildman–Crippen LogP) is 1.82. The molecule has 0 bridgehead atoms. The zero-order valence-electron chi connectivity index (χ0n) is 13.4. The van der Waals surface area contributed by atoms with Gasteiger partial charge in [-0.05, 0) is 6.42 Å². The molecule has 7 nitrogen and oxygen atoms in total. The maximum Gasteiger partial charge on any atom is 0.404 e. The van der Waals surface area contributed by atoms with Gasteiger partial charge in [0.25, 0.3) is 0 Å². The molecule has 0 aliphatic heterocycles. The molecule has 0 saturated heterocycles. The molecule has 3 N–H and O–H groups in total. The van der Waals surface area contributed by atoms with E-state index in [9.17, 15) is 8.42 Å². The summed E-state index contributed by atoms with van der Waals surface area (Å²) in [4.78, 5) is 0. The minimum Gasteiger partial charge on any atom is -0.388 e. The third-order valence-corrected chi connectivity index (χ3v) is 4.09. The van der Waals surface area contributed by atoms with Crippen LogP contribution in [0.15, 0.2) is 0 Å². The Morgan fingerprint density at radius 1 is 0.864 bits per heavy atom. The molecule has 0 unspecified atom stereocenters. The van der Waals surface area contributed by atoms with Crippen molar-refractivity contribution in [3.8, 4) is 0 Å². The molecule has 134 valence electrons. The topological polar surface area (TPSA) is 113 Å². The first-order valence-electron chi connectivity index (χ1n) is 7.98. The Morgan fingerprint density at radius 3 is 1.77 bits per heavy atom. The van der Waals surface area contributed by atoms with Crippen molar-refractivity contribution in [3.05, 3.63) is 0 Å². The monoisotopic (exact) mass is 342 g/mol. The van der Waals surface area contributed by atoms with Crippen LogP contribution in [0.5, 0.6) is 0 Å². The van der Waals surface area contributed by atoms with Crippen LogP contribution in [0.25, 0.3) is 0 Å². The van der Waals surface area contributed by atoms with Crippen LogP contribution >= 0.6 is 0 Å². The molecule has 0 atom stereocenters. The molecular weight excluding hydrogens is 312 g/mol. The highest BCUT2D eigenvalue weighted by atomic mass is 32.3. The maximum atomic E-state index is 11.2. The van der Waals surface area contributed by atoms with E-state index >= 15 is 0 Å². The molecular formula is C14H30O7S. The molecule has 0 spiro atoms. The van der Waals surface area contributed by atoms with Crippen molar-refractivity contribution in [3.63, 3.8) is 0 Å². The lowest BCUT2D eigenvalue weighted by Crippen LogP contribution is -2.38. The lowest BCUT2D eigenvalue weighted by molar-refractivity contribution is -0.308. The van der Waals surface area contributed by atoms with Gasteiger partial charge in [-0.25, -0.2) is 4.18 Å². The quantitative estimate of drug-likeness (QED) is 0.307. The SMILES string of the molecule is CCCCCCCCCCCCOS(=O)(=O)OC(O)(O)CO. The summed E-state index contributed by atoms with van der Waals surface area (Å²) in [7, 11) is -4.52. The van der Waals surface area contributed by atoms with Crippen molar-refractivity contribution in [2.24, 2.45) is 0 Å². The summed E-state index contributed by atoms with van der Waals surface area (Å²) in [6.07, 6.45) is 11.1. The fourth-order valence-electron chi connectivity index (χ4n) is 1.96. The smallest absolute Gasteiger partial charge is 0.388 e. The van der Waals surface area contributed by atoms with Crippen molar-refractivity contribution >= 4 is 10.4 Å². The highest BCUT2D eigenvalue weighted by molar-refractivity contribution is 7.81. The standard InChI is InChI=1S/C14H30O7S/c1-2-3-4-5-6-7-8-9-10-11-12-20-22(18,19)21-14(16,17)13-15/h15-17H,2-13H2,1H3. The van der Waals surface area contributed by atoms with Gasteiger partial charge < -0.3 is 15.3 Å². The Balaban J connectivity index is 3.49. The van der Waals surface area contributed by atoms with Gasteiger partial charge in [0.2, 0.25) is 0 Å². The molecule has 22 heavy (non-hydrogen) atoms. The largest absolute Gasteiger partial charge is 0.404 e. The molecule has 0 heterocycles. The zero-order chi connectivity index (χ0) is 16.9. The van der Waals surface area contributed by atoms with Crippen LogP contribution in [0.1, 0.15) is 71.1 Å². The van der Waals surface area contributed by atoms with E-state index < -0.39 is 23.0 Å². The van der Waals surface area contributed by atoms with Crippen molar-refractivity contribution < 1.29 is 32.1 Å². The minimum absolute atomic E-state index is 0.0830. The summed E-state index contributed by atoms with van der Waals surface area (Å²) in [5.74, 6) is -3.14. The molecule has 0 aromatic heterocycles. The Labute approximate surface area is 133 Å². The van der Waals surface area contributed by atoms with E-state index in [1.165, 1.54) is 38.5 Å². The van der Waals surface area contributed by atoms with E-state index in [-0.39, 0.29) is 6.61 Å². The van der Waals surface area contributed by atoms with Crippen molar-refractivity contribution in [1.82, 2.24) is 0 Å². The highest BCUT2D eigenvalue weighted by Gasteiger charge is 2.31. The van der Waals surface area contributed by atoms with Gasteiger partial charge in [-0.1, -0.05) is 64.7 Å². The van der Waals surface area contributed by atoms with E-state index in [4.69, 9.17) is 15.3 Å². The number of hydrogen-bond acceptors (Lipinski definition) is 7. The summed E-state index contributed by atoms with van der Waals surface area (Å²) in [6, 6.07) is 0. The van der Waals surface area contributed by atoms with Crippen LogP contribution in [-0.2, 0) is 18.8 Å². The molecule has 0 aliphatic carbocycles. The van der Waals surface area contributed by atoms with Gasteiger partial charge in [-0.3, -0.25) is 0 Å². The molecule has 0 aliphatic rings. The Kier molecular flexibility index (Phi) is 12.1. The molecule has 0 saturated carbocycles. The zero-order valence-corrected chi connectivity index (χ0v) is 14.2. The van der Waals surface area contributed by atoms with E-state index in [1.54, 1.807) is 0 Å². The fourth-order valence-corrected chi connectivity index (χ4v) is 2.71. The molecule has 0 radical (unpaired) electrons. The van der Waals surface area contributed by atoms with Crippen LogP contribution in [0.2, 0.25) is 0 Å². The minimum atomic E-state index is -4.52. The van der Waals surface area contributed by atoms with Crippen molar-refractivity contribution in [1.29, 1.82) is 0 Å². The van der Waals surface area contributed by atoms with Gasteiger partial charge in [0.05, 0.1) is 6.61 Å². The van der Waals surface area contributed by atoms with Gasteiger partial charge in [0.15, 0.2) is 0 Å². The van der Waals surface area contributed by atoms with E-state index in [1.807, 2.05) is 0 Å². The second-order valence-electron chi connectivity index (χ2n) is 5.40. The second kappa shape index (κ2) is 12.2. The second-order valence-corrected chi connectivity index (χ2v) is 6.62. The van der Waals surface area contributed by atoms with Crippen LogP contribution in [0.4, 0.5) is 0 Å². The van der Waals surface area contributed by atoms with Gasteiger partial charge >= 0.3 is 16.4 Å². The van der Waals surface area contributed by atoms with E-state index in [0.717, 1.165) is 19.3 Å². The lowest BCUT2D eigenvalue weighted by Gasteiger charge is -2.17. The average Bonchev–Trinajstić information content (AvgIpc) is 2.43. The molecule has 0 aromatic carbocycles. The van der Waals surface area contributed by atoms with Crippen molar-refractivity contribution in [2.75, 3.05) is 13.2 Å². The van der Waals surface area contributed by atoms with Crippen LogP contribution in [-0.4, -0.2) is 42.9 Å². The van der Waals surface area contributed by atoms with Gasteiger partial charge in [-0.2, -0.15) is 12.6 Å². The summed E-state index contributed by atoms with van der Waals surface area (Å²) < 4.78 is 30.7. The first-order chi connectivity index (χ1) is 10.3. The van der Waals surface area contributed by atoms with Crippen LogP contribution in [0, 0.1) is 0 Å². The van der Waals surface area contributed by atoms with Gasteiger partial charge in [0.1, 0.15) is 6.61 Å². The van der Waals surface area contributed by atoms with Gasteiger partial charge in [-0.15, -0.1) is 0 Å². The number of aliphatic hydroxyl groups excluding tert-OH is 1. The lowest BCUT2D eigenvalue weighted by atomic mass is 10.1. The third kappa shape index (κ3) is 13.4. The first-order valence-corrected chi connectivity index (χ1v) is 9.32. The van der Waals surface area contributed by atoms with Crippen LogP contribution < -0.4 is 0 Å². The van der Waals surface area contributed by atoms with Crippen molar-refractivity contribution in [2.45, 2.75) is 77.1 Å². The Hall–Kier alpha value is -0.250. The maximum absolute atomic E-state index is 11.2. The van der Waals surface area contributed by atoms with E-state index in [2.05, 4.69) is 15.3 Å². The predicted molar refractivity (Wildman–Crippen MR) is 82.1 cm³/mol. The normalized spacial score (nSPS) is 12.7. The molecule has 0 rings (SSSR count). The number of unbranched alkanes of at least 4 members (excludes halogenated alkanes) is 9. The average molecular weight is 342 g/mol. The Morgan fingerprint density at radius 2 is 1.32 bits per heavy atom. The summed E-state index contributed by atoms with van der Waals surface area (Å²) in [6.45, 7) is 0.840. The number of aliphatic hydroxyl groups is 3. The summed E-state index contributed by atoms with van der Waals surface area (Å²) in [5.41, 5.74) is 0. The summed E-state index contributed by atoms with van der Waals surface area (Å²) >= 11 is 0. The van der Waals surface area contributed by atoms with Gasteiger partial charge in [0, 0.05) is 0 Å². The molecule has 0 aromatic rings. The summed E-state index contributed by atoms with van der Waals surface area (Å²) in [5, 5.41) is 26.2. The van der Waals surface area contributed by atoms with Crippen LogP contribution in [0.3, 0.4) is 0 Å². The Bertz CT molecular complexity index is 354. The third-order valence-electron chi connectivity index (χ3n) is 3.17. The highest BCUT2D eigenvalue weighted by Crippen LogP contribution is 2.12.